The summed E-state index contributed by atoms with van der Waals surface area (Å²) in [6.07, 6.45) is 0. The van der Waals surface area contributed by atoms with Crippen LogP contribution in [0.3, 0.4) is 0 Å². The quantitative estimate of drug-likeness (QED) is 0.878. The summed E-state index contributed by atoms with van der Waals surface area (Å²) in [6.45, 7) is 0. The molecule has 14 heavy (non-hydrogen) atoms. The number of rotatable bonds is 2. The predicted molar refractivity (Wildman–Crippen MR) is 52.4 cm³/mol. The highest BCUT2D eigenvalue weighted by atomic mass is 79.9. The van der Waals surface area contributed by atoms with Gasteiger partial charge in [-0.25, -0.2) is 4.79 Å². The molecule has 72 valence electrons. The van der Waals surface area contributed by atoms with Crippen molar-refractivity contribution in [2.45, 2.75) is 0 Å². The number of halogens is 1. The van der Waals surface area contributed by atoms with E-state index in [4.69, 9.17) is 15.1 Å². The maximum Gasteiger partial charge on any atom is 0.339 e. The molecule has 1 aromatic rings. The molecule has 0 atom stereocenters. The molecule has 0 amide bonds. The van der Waals surface area contributed by atoms with E-state index in [0.717, 1.165) is 0 Å². The summed E-state index contributed by atoms with van der Waals surface area (Å²) in [5.74, 6) is -0.894. The molecule has 0 radical (unpaired) electrons. The molecule has 5 heteroatoms. The monoisotopic (exact) mass is 255 g/mol. The molecule has 0 aliphatic heterocycles. The van der Waals surface area contributed by atoms with Crippen molar-refractivity contribution >= 4 is 21.9 Å². The number of methoxy groups -OCH3 is 1. The summed E-state index contributed by atoms with van der Waals surface area (Å²) < 4.78 is 5.38. The standard InChI is InChI=1S/C9H6BrNO3/c1-14-8-3-7(10)5(4-11)2-6(8)9(12)13/h2-3H,1H3,(H,12,13). The number of hydrogen-bond donors (Lipinski definition) is 1. The Labute approximate surface area is 88.9 Å². The van der Waals surface area contributed by atoms with E-state index in [0.29, 0.717) is 4.47 Å². The van der Waals surface area contributed by atoms with E-state index >= 15 is 0 Å². The number of carboxylic acids is 1. The highest BCUT2D eigenvalue weighted by Crippen LogP contribution is 2.27. The van der Waals surface area contributed by atoms with Crippen LogP contribution in [-0.2, 0) is 0 Å². The second kappa shape index (κ2) is 4.11. The average molecular weight is 256 g/mol. The molecular formula is C9H6BrNO3. The van der Waals surface area contributed by atoms with E-state index in [2.05, 4.69) is 15.9 Å². The van der Waals surface area contributed by atoms with Gasteiger partial charge in [-0.3, -0.25) is 0 Å². The maximum absolute atomic E-state index is 10.8. The summed E-state index contributed by atoms with van der Waals surface area (Å²) in [5.41, 5.74) is 0.246. The zero-order chi connectivity index (χ0) is 10.7. The third-order valence-corrected chi connectivity index (χ3v) is 2.30. The molecule has 0 aliphatic rings. The fourth-order valence-corrected chi connectivity index (χ4v) is 1.39. The minimum Gasteiger partial charge on any atom is -0.496 e. The lowest BCUT2D eigenvalue weighted by molar-refractivity contribution is 0.0693. The third-order valence-electron chi connectivity index (χ3n) is 1.64. The van der Waals surface area contributed by atoms with Gasteiger partial charge in [0.1, 0.15) is 17.4 Å². The molecule has 0 spiro atoms. The van der Waals surface area contributed by atoms with Crippen molar-refractivity contribution in [3.8, 4) is 11.8 Å². The number of benzene rings is 1. The number of nitrogens with zero attached hydrogens (tertiary/aromatic N) is 1. The Kier molecular flexibility index (Phi) is 3.10. The van der Waals surface area contributed by atoms with Gasteiger partial charge in [0.05, 0.1) is 12.7 Å². The molecule has 0 aromatic heterocycles. The number of carboxylic acid groups (broad SMARTS) is 1. The van der Waals surface area contributed by atoms with Crippen molar-refractivity contribution in [2.24, 2.45) is 0 Å². The number of hydrogen-bond acceptors (Lipinski definition) is 3. The molecule has 0 aliphatic carbocycles. The van der Waals surface area contributed by atoms with Crippen LogP contribution < -0.4 is 4.74 Å². The molecule has 1 rings (SSSR count). The molecule has 4 nitrogen and oxygen atoms in total. The van der Waals surface area contributed by atoms with E-state index in [9.17, 15) is 4.79 Å². The summed E-state index contributed by atoms with van der Waals surface area (Å²) in [6, 6.07) is 4.61. The smallest absolute Gasteiger partial charge is 0.339 e. The van der Waals surface area contributed by atoms with Gasteiger partial charge < -0.3 is 9.84 Å². The first kappa shape index (κ1) is 10.5. The summed E-state index contributed by atoms with van der Waals surface area (Å²) >= 11 is 3.14. The van der Waals surface area contributed by atoms with Gasteiger partial charge in [0.25, 0.3) is 0 Å². The lowest BCUT2D eigenvalue weighted by atomic mass is 10.1. The maximum atomic E-state index is 10.8. The Hall–Kier alpha value is -1.54. The Morgan fingerprint density at radius 2 is 2.29 bits per heavy atom. The summed E-state index contributed by atoms with van der Waals surface area (Å²) in [5, 5.41) is 17.5. The Morgan fingerprint density at radius 1 is 1.64 bits per heavy atom. The Morgan fingerprint density at radius 3 is 2.71 bits per heavy atom. The van der Waals surface area contributed by atoms with Crippen LogP contribution in [0.5, 0.6) is 5.75 Å². The van der Waals surface area contributed by atoms with Crippen molar-refractivity contribution in [1.29, 1.82) is 5.26 Å². The van der Waals surface area contributed by atoms with Gasteiger partial charge in [0.2, 0.25) is 0 Å². The number of ether oxygens (including phenoxy) is 1. The minimum absolute atomic E-state index is 0.0211. The Balaban J connectivity index is 3.42. The normalized spacial score (nSPS) is 9.21. The van der Waals surface area contributed by atoms with Gasteiger partial charge in [-0.2, -0.15) is 5.26 Å². The van der Waals surface area contributed by atoms with Gasteiger partial charge >= 0.3 is 5.97 Å². The third kappa shape index (κ3) is 1.86. The number of nitriles is 1. The molecule has 0 fully saturated rings. The lowest BCUT2D eigenvalue weighted by Crippen LogP contribution is -2.01. The Bertz CT molecular complexity index is 423. The molecule has 0 bridgehead atoms. The highest BCUT2D eigenvalue weighted by molar-refractivity contribution is 9.10. The highest BCUT2D eigenvalue weighted by Gasteiger charge is 2.14. The van der Waals surface area contributed by atoms with Crippen molar-refractivity contribution in [3.63, 3.8) is 0 Å². The van der Waals surface area contributed by atoms with Crippen LogP contribution in [-0.4, -0.2) is 18.2 Å². The first-order valence-electron chi connectivity index (χ1n) is 3.61. The van der Waals surface area contributed by atoms with Gasteiger partial charge in [-0.15, -0.1) is 0 Å². The van der Waals surface area contributed by atoms with Crippen molar-refractivity contribution in [1.82, 2.24) is 0 Å². The van der Waals surface area contributed by atoms with Crippen LogP contribution >= 0.6 is 15.9 Å². The SMILES string of the molecule is COc1cc(Br)c(C#N)cc1C(=O)O. The first-order valence-corrected chi connectivity index (χ1v) is 4.40. The van der Waals surface area contributed by atoms with Crippen molar-refractivity contribution in [3.05, 3.63) is 27.7 Å². The van der Waals surface area contributed by atoms with Crippen LogP contribution in [0.1, 0.15) is 15.9 Å². The fourth-order valence-electron chi connectivity index (χ4n) is 0.977. The molecule has 0 saturated heterocycles. The van der Waals surface area contributed by atoms with Gasteiger partial charge in [0, 0.05) is 4.47 Å². The van der Waals surface area contributed by atoms with Crippen molar-refractivity contribution in [2.75, 3.05) is 7.11 Å². The zero-order valence-corrected chi connectivity index (χ0v) is 8.83. The minimum atomic E-state index is -1.12. The van der Waals surface area contributed by atoms with Crippen LogP contribution in [0.4, 0.5) is 0 Å². The van der Waals surface area contributed by atoms with Crippen LogP contribution in [0, 0.1) is 11.3 Å². The van der Waals surface area contributed by atoms with E-state index in [1.807, 2.05) is 6.07 Å². The molecule has 1 N–H and O–H groups in total. The fraction of sp³-hybridized carbons (Fsp3) is 0.111. The van der Waals surface area contributed by atoms with Gasteiger partial charge in [-0.1, -0.05) is 0 Å². The largest absolute Gasteiger partial charge is 0.496 e. The second-order valence-corrected chi connectivity index (χ2v) is 3.30. The molecule has 0 saturated carbocycles. The van der Waals surface area contributed by atoms with E-state index in [-0.39, 0.29) is 16.9 Å². The number of carbonyl (C=O) groups is 1. The summed E-state index contributed by atoms with van der Waals surface area (Å²) in [4.78, 5) is 10.8. The van der Waals surface area contributed by atoms with E-state index in [1.54, 1.807) is 0 Å². The second-order valence-electron chi connectivity index (χ2n) is 2.45. The zero-order valence-electron chi connectivity index (χ0n) is 7.24. The lowest BCUT2D eigenvalue weighted by Gasteiger charge is -2.05. The molecule has 1 aromatic carbocycles. The molecule has 0 unspecified atom stereocenters. The molecular weight excluding hydrogens is 250 g/mol. The van der Waals surface area contributed by atoms with E-state index in [1.165, 1.54) is 19.2 Å². The van der Waals surface area contributed by atoms with Gasteiger partial charge in [0.15, 0.2) is 0 Å². The van der Waals surface area contributed by atoms with Crippen LogP contribution in [0.2, 0.25) is 0 Å². The first-order chi connectivity index (χ1) is 6.60. The van der Waals surface area contributed by atoms with Crippen LogP contribution in [0.15, 0.2) is 16.6 Å². The van der Waals surface area contributed by atoms with Crippen LogP contribution in [0.25, 0.3) is 0 Å². The summed E-state index contributed by atoms with van der Waals surface area (Å²) in [7, 11) is 1.38. The van der Waals surface area contributed by atoms with Gasteiger partial charge in [-0.05, 0) is 28.1 Å². The number of aromatic carboxylic acids is 1. The average Bonchev–Trinajstić information content (AvgIpc) is 2.16. The predicted octanol–water partition coefficient (Wildman–Crippen LogP) is 2.03. The topological polar surface area (TPSA) is 70.3 Å². The molecule has 0 heterocycles. The van der Waals surface area contributed by atoms with Crippen molar-refractivity contribution < 1.29 is 14.6 Å². The van der Waals surface area contributed by atoms with E-state index < -0.39 is 5.97 Å².